The van der Waals surface area contributed by atoms with Gasteiger partial charge >= 0.3 is 0 Å². The van der Waals surface area contributed by atoms with Crippen molar-refractivity contribution >= 4 is 15.9 Å². The Morgan fingerprint density at radius 3 is 2.76 bits per heavy atom. The Labute approximate surface area is 133 Å². The highest BCUT2D eigenvalue weighted by Gasteiger charge is 2.11. The third kappa shape index (κ3) is 4.82. The van der Waals surface area contributed by atoms with Crippen LogP contribution in [0.1, 0.15) is 32.0 Å². The molecule has 1 N–H and O–H groups in total. The highest BCUT2D eigenvalue weighted by atomic mass is 79.9. The van der Waals surface area contributed by atoms with E-state index in [0.29, 0.717) is 13.1 Å². The van der Waals surface area contributed by atoms with Crippen molar-refractivity contribution in [1.29, 1.82) is 0 Å². The fraction of sp³-hybridized carbons (Fsp3) is 0.467. The van der Waals surface area contributed by atoms with Crippen molar-refractivity contribution in [3.63, 3.8) is 0 Å². The number of aromatic nitrogens is 3. The first-order valence-electron chi connectivity index (χ1n) is 6.84. The number of nitrogens with one attached hydrogen (secondary N) is 1. The third-order valence-corrected chi connectivity index (χ3v) is 3.45. The molecule has 21 heavy (non-hydrogen) atoms. The van der Waals surface area contributed by atoms with E-state index in [-0.39, 0.29) is 5.54 Å². The smallest absolute Gasteiger partial charge is 0.124 e. The van der Waals surface area contributed by atoms with Crippen molar-refractivity contribution in [2.24, 2.45) is 0 Å². The van der Waals surface area contributed by atoms with E-state index >= 15 is 0 Å². The second-order valence-electron chi connectivity index (χ2n) is 5.97. The Hall–Kier alpha value is -1.40. The van der Waals surface area contributed by atoms with Crippen LogP contribution < -0.4 is 10.1 Å². The minimum Gasteiger partial charge on any atom is -0.496 e. The van der Waals surface area contributed by atoms with Crippen LogP contribution in [0, 0.1) is 0 Å². The van der Waals surface area contributed by atoms with E-state index in [1.807, 2.05) is 29.1 Å². The normalized spacial score (nSPS) is 11.7. The van der Waals surface area contributed by atoms with Gasteiger partial charge in [0.2, 0.25) is 0 Å². The molecule has 2 aromatic rings. The molecule has 1 aromatic carbocycles. The lowest BCUT2D eigenvalue weighted by atomic mass is 10.1. The first-order chi connectivity index (χ1) is 9.87. The molecule has 0 aliphatic carbocycles. The van der Waals surface area contributed by atoms with Gasteiger partial charge < -0.3 is 10.1 Å². The molecular weight excluding hydrogens is 332 g/mol. The maximum Gasteiger partial charge on any atom is 0.124 e. The quantitative estimate of drug-likeness (QED) is 0.898. The molecule has 0 saturated carbocycles. The number of methoxy groups -OCH3 is 1. The van der Waals surface area contributed by atoms with Crippen LogP contribution in [-0.4, -0.2) is 27.6 Å². The average molecular weight is 353 g/mol. The van der Waals surface area contributed by atoms with Crippen molar-refractivity contribution in [3.8, 4) is 5.75 Å². The second-order valence-corrected chi connectivity index (χ2v) is 6.88. The number of hydrogen-bond acceptors (Lipinski definition) is 4. The predicted molar refractivity (Wildman–Crippen MR) is 86.4 cm³/mol. The van der Waals surface area contributed by atoms with Crippen LogP contribution in [0.15, 0.2) is 28.9 Å². The summed E-state index contributed by atoms with van der Waals surface area (Å²) in [7, 11) is 1.67. The van der Waals surface area contributed by atoms with Gasteiger partial charge in [-0.15, -0.1) is 5.10 Å². The lowest BCUT2D eigenvalue weighted by Gasteiger charge is -2.19. The van der Waals surface area contributed by atoms with E-state index in [9.17, 15) is 0 Å². The van der Waals surface area contributed by atoms with Gasteiger partial charge in [0.25, 0.3) is 0 Å². The van der Waals surface area contributed by atoms with E-state index in [2.05, 4.69) is 52.3 Å². The molecule has 0 aliphatic heterocycles. The van der Waals surface area contributed by atoms with E-state index in [4.69, 9.17) is 4.74 Å². The van der Waals surface area contributed by atoms with Crippen LogP contribution in [0.3, 0.4) is 0 Å². The van der Waals surface area contributed by atoms with Gasteiger partial charge in [0.15, 0.2) is 0 Å². The molecule has 2 rings (SSSR count). The molecule has 114 valence electrons. The predicted octanol–water partition coefficient (Wildman–Crippen LogP) is 2.99. The zero-order valence-electron chi connectivity index (χ0n) is 12.9. The molecule has 1 heterocycles. The van der Waals surface area contributed by atoms with Gasteiger partial charge in [-0.05, 0) is 39.0 Å². The first-order valence-corrected chi connectivity index (χ1v) is 7.63. The zero-order chi connectivity index (χ0) is 15.5. The van der Waals surface area contributed by atoms with Gasteiger partial charge in [0.1, 0.15) is 5.75 Å². The molecule has 0 aliphatic rings. The molecular formula is C15H21BrN4O. The summed E-state index contributed by atoms with van der Waals surface area (Å²) < 4.78 is 8.22. The number of ether oxygens (including phenoxy) is 1. The van der Waals surface area contributed by atoms with Gasteiger partial charge in [-0.2, -0.15) is 0 Å². The maximum atomic E-state index is 5.38. The van der Waals surface area contributed by atoms with E-state index in [1.165, 1.54) is 0 Å². The first kappa shape index (κ1) is 16.0. The van der Waals surface area contributed by atoms with Crippen molar-refractivity contribution in [2.75, 3.05) is 7.11 Å². The average Bonchev–Trinajstić information content (AvgIpc) is 2.84. The largest absolute Gasteiger partial charge is 0.496 e. The van der Waals surface area contributed by atoms with Crippen LogP contribution in [0.2, 0.25) is 0 Å². The van der Waals surface area contributed by atoms with Crippen molar-refractivity contribution < 1.29 is 4.74 Å². The van der Waals surface area contributed by atoms with Crippen LogP contribution in [-0.2, 0) is 13.1 Å². The summed E-state index contributed by atoms with van der Waals surface area (Å²) in [5.74, 6) is 0.850. The summed E-state index contributed by atoms with van der Waals surface area (Å²) in [6.07, 6.45) is 1.96. The number of benzene rings is 1. The zero-order valence-corrected chi connectivity index (χ0v) is 14.4. The molecule has 0 bridgehead atoms. The molecule has 0 saturated heterocycles. The number of nitrogens with zero attached hydrogens (tertiary/aromatic N) is 3. The van der Waals surface area contributed by atoms with Crippen LogP contribution >= 0.6 is 15.9 Å². The summed E-state index contributed by atoms with van der Waals surface area (Å²) in [4.78, 5) is 0. The van der Waals surface area contributed by atoms with Gasteiger partial charge in [-0.1, -0.05) is 21.1 Å². The maximum absolute atomic E-state index is 5.38. The topological polar surface area (TPSA) is 52.0 Å². The molecule has 0 unspecified atom stereocenters. The fourth-order valence-electron chi connectivity index (χ4n) is 1.90. The van der Waals surface area contributed by atoms with Gasteiger partial charge in [-0.3, -0.25) is 0 Å². The fourth-order valence-corrected chi connectivity index (χ4v) is 2.31. The highest BCUT2D eigenvalue weighted by molar-refractivity contribution is 9.10. The van der Waals surface area contributed by atoms with Crippen LogP contribution in [0.5, 0.6) is 5.75 Å². The minimum atomic E-state index is 0.0668. The van der Waals surface area contributed by atoms with Crippen molar-refractivity contribution in [2.45, 2.75) is 39.4 Å². The Morgan fingerprint density at radius 2 is 2.10 bits per heavy atom. The monoisotopic (exact) mass is 352 g/mol. The van der Waals surface area contributed by atoms with Crippen LogP contribution in [0.4, 0.5) is 0 Å². The molecule has 5 nitrogen and oxygen atoms in total. The van der Waals surface area contributed by atoms with Gasteiger partial charge in [0, 0.05) is 22.1 Å². The summed E-state index contributed by atoms with van der Waals surface area (Å²) >= 11 is 3.48. The molecule has 0 amide bonds. The Balaban J connectivity index is 2.07. The van der Waals surface area contributed by atoms with Gasteiger partial charge in [-0.25, -0.2) is 4.68 Å². The Morgan fingerprint density at radius 1 is 1.33 bits per heavy atom. The summed E-state index contributed by atoms with van der Waals surface area (Å²) in [5, 5.41) is 11.8. The summed E-state index contributed by atoms with van der Waals surface area (Å²) in [6, 6.07) is 5.94. The minimum absolute atomic E-state index is 0.0668. The number of hydrogen-bond donors (Lipinski definition) is 1. The molecule has 0 fully saturated rings. The molecule has 0 atom stereocenters. The lowest BCUT2D eigenvalue weighted by molar-refractivity contribution is 0.407. The Kier molecular flexibility index (Phi) is 5.00. The van der Waals surface area contributed by atoms with Gasteiger partial charge in [0.05, 0.1) is 25.5 Å². The van der Waals surface area contributed by atoms with Crippen molar-refractivity contribution in [3.05, 3.63) is 40.1 Å². The summed E-state index contributed by atoms with van der Waals surface area (Å²) in [5.41, 5.74) is 2.06. The van der Waals surface area contributed by atoms with Crippen LogP contribution in [0.25, 0.3) is 0 Å². The van der Waals surface area contributed by atoms with Crippen molar-refractivity contribution in [1.82, 2.24) is 20.3 Å². The Bertz CT molecular complexity index is 604. The number of rotatable bonds is 5. The highest BCUT2D eigenvalue weighted by Crippen LogP contribution is 2.23. The van der Waals surface area contributed by atoms with E-state index in [1.54, 1.807) is 7.11 Å². The number of halogens is 1. The third-order valence-electron chi connectivity index (χ3n) is 2.96. The summed E-state index contributed by atoms with van der Waals surface area (Å²) in [6.45, 7) is 7.72. The molecule has 1 aromatic heterocycles. The standard InChI is InChI=1S/C15H21BrN4O/c1-15(2,3)17-8-13-10-20(19-18-13)9-11-7-12(16)5-6-14(11)21-4/h5-7,10,17H,8-9H2,1-4H3. The molecule has 6 heteroatoms. The second kappa shape index (κ2) is 6.58. The van der Waals surface area contributed by atoms with E-state index < -0.39 is 0 Å². The van der Waals surface area contributed by atoms with E-state index in [0.717, 1.165) is 21.5 Å². The molecule has 0 spiro atoms. The molecule has 0 radical (unpaired) electrons. The SMILES string of the molecule is COc1ccc(Br)cc1Cn1cc(CNC(C)(C)C)nn1. The lowest BCUT2D eigenvalue weighted by Crippen LogP contribution is -2.35.